The molecule has 0 bridgehead atoms. The smallest absolute Gasteiger partial charge is 0.213 e. The molecular formula is C17H31IN4O2S. The lowest BCUT2D eigenvalue weighted by Crippen LogP contribution is -2.39. The molecule has 0 unspecified atom stereocenters. The predicted octanol–water partition coefficient (Wildman–Crippen LogP) is 2.34. The van der Waals surface area contributed by atoms with Gasteiger partial charge in [-0.15, -0.1) is 24.0 Å². The summed E-state index contributed by atoms with van der Waals surface area (Å²) in [7, 11) is -1.48. The van der Waals surface area contributed by atoms with E-state index < -0.39 is 10.0 Å². The van der Waals surface area contributed by atoms with Crippen molar-refractivity contribution >= 4 is 40.0 Å². The highest BCUT2D eigenvalue weighted by atomic mass is 127. The molecule has 8 heteroatoms. The van der Waals surface area contributed by atoms with Crippen molar-refractivity contribution in [2.75, 3.05) is 32.4 Å². The summed E-state index contributed by atoms with van der Waals surface area (Å²) < 4.78 is 24.8. The second-order valence-electron chi connectivity index (χ2n) is 5.68. The summed E-state index contributed by atoms with van der Waals surface area (Å²) >= 11 is 0. The van der Waals surface area contributed by atoms with Crippen LogP contribution in [0.4, 0.5) is 0 Å². The number of guanidine groups is 1. The fourth-order valence-corrected chi connectivity index (χ4v) is 2.92. The molecule has 1 aromatic carbocycles. The molecule has 2 N–H and O–H groups in total. The summed E-state index contributed by atoms with van der Waals surface area (Å²) in [5.41, 5.74) is 2.39. The third kappa shape index (κ3) is 9.41. The second-order valence-corrected chi connectivity index (χ2v) is 8.05. The molecule has 0 spiro atoms. The van der Waals surface area contributed by atoms with Crippen LogP contribution in [0, 0.1) is 6.92 Å². The van der Waals surface area contributed by atoms with Crippen LogP contribution in [-0.2, 0) is 16.6 Å². The van der Waals surface area contributed by atoms with Crippen LogP contribution in [0.3, 0.4) is 0 Å². The largest absolute Gasteiger partial charge is 0.357 e. The number of halogens is 1. The molecule has 0 amide bonds. The molecule has 0 aliphatic carbocycles. The molecule has 1 rings (SSSR count). The Kier molecular flexibility index (Phi) is 12.0. The molecule has 0 aromatic heterocycles. The Hall–Kier alpha value is -0.870. The molecule has 1 aromatic rings. The number of aryl methyl sites for hydroxylation is 1. The van der Waals surface area contributed by atoms with E-state index in [-0.39, 0.29) is 29.7 Å². The van der Waals surface area contributed by atoms with Gasteiger partial charge in [0.15, 0.2) is 5.96 Å². The van der Waals surface area contributed by atoms with Gasteiger partial charge in [-0.05, 0) is 32.8 Å². The summed E-state index contributed by atoms with van der Waals surface area (Å²) in [4.78, 5) is 4.56. The van der Waals surface area contributed by atoms with Crippen molar-refractivity contribution in [2.45, 2.75) is 33.7 Å². The zero-order valence-electron chi connectivity index (χ0n) is 15.6. The van der Waals surface area contributed by atoms with E-state index in [0.29, 0.717) is 19.6 Å². The Morgan fingerprint density at radius 3 is 2.36 bits per heavy atom. The Morgan fingerprint density at radius 1 is 1.16 bits per heavy atom. The monoisotopic (exact) mass is 482 g/mol. The number of rotatable bonds is 9. The number of sulfonamides is 1. The first-order valence-electron chi connectivity index (χ1n) is 8.40. The molecule has 0 aliphatic heterocycles. The van der Waals surface area contributed by atoms with Gasteiger partial charge in [0.05, 0.1) is 12.3 Å². The van der Waals surface area contributed by atoms with Gasteiger partial charge in [-0.1, -0.05) is 29.8 Å². The average Bonchev–Trinajstić information content (AvgIpc) is 2.57. The van der Waals surface area contributed by atoms with Crippen LogP contribution in [0.15, 0.2) is 29.3 Å². The van der Waals surface area contributed by atoms with Crippen molar-refractivity contribution in [3.63, 3.8) is 0 Å². The minimum absolute atomic E-state index is 0. The van der Waals surface area contributed by atoms with E-state index in [1.54, 1.807) is 14.0 Å². The van der Waals surface area contributed by atoms with E-state index in [9.17, 15) is 8.42 Å². The topological polar surface area (TPSA) is 73.8 Å². The normalized spacial score (nSPS) is 12.0. The van der Waals surface area contributed by atoms with Crippen LogP contribution in [0.5, 0.6) is 0 Å². The summed E-state index contributed by atoms with van der Waals surface area (Å²) in [5, 5.41) is 6.45. The maximum atomic E-state index is 11.7. The molecular weight excluding hydrogens is 451 g/mol. The van der Waals surface area contributed by atoms with E-state index in [0.717, 1.165) is 24.5 Å². The van der Waals surface area contributed by atoms with Gasteiger partial charge >= 0.3 is 0 Å². The van der Waals surface area contributed by atoms with Crippen molar-refractivity contribution in [3.8, 4) is 0 Å². The van der Waals surface area contributed by atoms with Crippen molar-refractivity contribution in [3.05, 3.63) is 35.4 Å². The van der Waals surface area contributed by atoms with Crippen LogP contribution in [-0.4, -0.2) is 51.1 Å². The first-order chi connectivity index (χ1) is 11.4. The molecule has 144 valence electrons. The Labute approximate surface area is 169 Å². The number of nitrogens with zero attached hydrogens (tertiary/aromatic N) is 2. The molecule has 0 saturated heterocycles. The average molecular weight is 482 g/mol. The maximum absolute atomic E-state index is 11.7. The first-order valence-corrected chi connectivity index (χ1v) is 10.0. The highest BCUT2D eigenvalue weighted by molar-refractivity contribution is 14.0. The quantitative estimate of drug-likeness (QED) is 0.245. The maximum Gasteiger partial charge on any atom is 0.213 e. The van der Waals surface area contributed by atoms with Gasteiger partial charge in [0, 0.05) is 26.7 Å². The lowest BCUT2D eigenvalue weighted by molar-refractivity contribution is 0.461. The summed E-state index contributed by atoms with van der Waals surface area (Å²) in [5.74, 6) is 0.886. The van der Waals surface area contributed by atoms with E-state index in [1.165, 1.54) is 9.87 Å². The van der Waals surface area contributed by atoms with Crippen molar-refractivity contribution in [1.29, 1.82) is 0 Å². The molecule has 0 aliphatic rings. The predicted molar refractivity (Wildman–Crippen MR) is 116 cm³/mol. The molecule has 0 radical (unpaired) electrons. The number of hydrogen-bond acceptors (Lipinski definition) is 3. The fourth-order valence-electron chi connectivity index (χ4n) is 2.07. The van der Waals surface area contributed by atoms with Crippen molar-refractivity contribution < 1.29 is 8.42 Å². The van der Waals surface area contributed by atoms with Crippen LogP contribution in [0.1, 0.15) is 31.4 Å². The SMILES string of the molecule is CCNC(=NCc1ccc(C)cc1)NCCCN(C)S(=O)(=O)CC.I. The van der Waals surface area contributed by atoms with E-state index >= 15 is 0 Å². The van der Waals surface area contributed by atoms with E-state index in [4.69, 9.17) is 0 Å². The van der Waals surface area contributed by atoms with Crippen molar-refractivity contribution in [2.24, 2.45) is 4.99 Å². The first kappa shape index (κ1) is 24.1. The molecule has 6 nitrogen and oxygen atoms in total. The van der Waals surface area contributed by atoms with Gasteiger partial charge in [0.25, 0.3) is 0 Å². The summed E-state index contributed by atoms with van der Waals surface area (Å²) in [6, 6.07) is 8.31. The lowest BCUT2D eigenvalue weighted by Gasteiger charge is -2.16. The minimum atomic E-state index is -3.10. The zero-order valence-corrected chi connectivity index (χ0v) is 18.7. The van der Waals surface area contributed by atoms with Crippen LogP contribution >= 0.6 is 24.0 Å². The summed E-state index contributed by atoms with van der Waals surface area (Å²) in [6.07, 6.45) is 0.727. The van der Waals surface area contributed by atoms with E-state index in [1.807, 2.05) is 6.92 Å². The molecule has 0 heterocycles. The molecule has 0 saturated carbocycles. The molecule has 0 atom stereocenters. The van der Waals surface area contributed by atoms with Gasteiger partial charge in [0.2, 0.25) is 10.0 Å². The van der Waals surface area contributed by atoms with E-state index in [2.05, 4.69) is 46.8 Å². The Bertz CT molecular complexity index is 618. The molecule has 25 heavy (non-hydrogen) atoms. The van der Waals surface area contributed by atoms with Gasteiger partial charge < -0.3 is 10.6 Å². The van der Waals surface area contributed by atoms with Crippen LogP contribution in [0.25, 0.3) is 0 Å². The van der Waals surface area contributed by atoms with Gasteiger partial charge in [-0.3, -0.25) is 0 Å². The second kappa shape index (κ2) is 12.5. The highest BCUT2D eigenvalue weighted by Crippen LogP contribution is 2.04. The van der Waals surface area contributed by atoms with Gasteiger partial charge in [-0.2, -0.15) is 0 Å². The van der Waals surface area contributed by atoms with Crippen molar-refractivity contribution in [1.82, 2.24) is 14.9 Å². The zero-order chi connectivity index (χ0) is 18.0. The Balaban J connectivity index is 0.00000576. The third-order valence-electron chi connectivity index (χ3n) is 3.67. The standard InChI is InChI=1S/C17H30N4O2S.HI/c1-5-18-17(20-14-16-10-8-15(3)9-11-16)19-12-7-13-21(4)24(22,23)6-2;/h8-11H,5-7,12-14H2,1-4H3,(H2,18,19,20);1H. The van der Waals surface area contributed by atoms with Crippen LogP contribution in [0.2, 0.25) is 0 Å². The fraction of sp³-hybridized carbons (Fsp3) is 0.588. The van der Waals surface area contributed by atoms with Gasteiger partial charge in [-0.25, -0.2) is 17.7 Å². The number of benzene rings is 1. The summed E-state index contributed by atoms with van der Waals surface area (Å²) in [6.45, 7) is 8.30. The lowest BCUT2D eigenvalue weighted by atomic mass is 10.1. The minimum Gasteiger partial charge on any atom is -0.357 e. The number of nitrogens with one attached hydrogen (secondary N) is 2. The van der Waals surface area contributed by atoms with Gasteiger partial charge in [0.1, 0.15) is 0 Å². The number of hydrogen-bond donors (Lipinski definition) is 2. The van der Waals surface area contributed by atoms with Crippen LogP contribution < -0.4 is 10.6 Å². The Morgan fingerprint density at radius 2 is 1.80 bits per heavy atom. The highest BCUT2D eigenvalue weighted by Gasteiger charge is 2.13. The molecule has 0 fully saturated rings. The number of aliphatic imine (C=N–C) groups is 1. The third-order valence-corrected chi connectivity index (χ3v) is 5.53.